The monoisotopic (exact) mass is 330 g/mol. The fourth-order valence-corrected chi connectivity index (χ4v) is 5.30. The van der Waals surface area contributed by atoms with Crippen molar-refractivity contribution in [3.8, 4) is 0 Å². The van der Waals surface area contributed by atoms with Crippen molar-refractivity contribution in [3.05, 3.63) is 17.0 Å². The Hall–Kier alpha value is -0.430. The number of hydrogen-bond acceptors (Lipinski definition) is 4. The van der Waals surface area contributed by atoms with Crippen LogP contribution in [-0.4, -0.2) is 21.0 Å². The Morgan fingerprint density at radius 3 is 2.71 bits per heavy atom. The summed E-state index contributed by atoms with van der Waals surface area (Å²) in [5, 5.41) is 5.13. The molecule has 1 aromatic rings. The van der Waals surface area contributed by atoms with Crippen molar-refractivity contribution in [2.75, 3.05) is 6.54 Å². The van der Waals surface area contributed by atoms with Crippen molar-refractivity contribution < 1.29 is 8.42 Å². The zero-order valence-corrected chi connectivity index (χ0v) is 14.7. The Kier molecular flexibility index (Phi) is 5.82. The minimum atomic E-state index is -3.36. The van der Waals surface area contributed by atoms with E-state index in [2.05, 4.69) is 23.9 Å². The minimum absolute atomic E-state index is 0.0838. The molecule has 1 fully saturated rings. The quantitative estimate of drug-likeness (QED) is 0.843. The molecule has 120 valence electrons. The van der Waals surface area contributed by atoms with Gasteiger partial charge in [0.05, 0.1) is 0 Å². The van der Waals surface area contributed by atoms with Crippen LogP contribution in [0.15, 0.2) is 15.7 Å². The summed E-state index contributed by atoms with van der Waals surface area (Å²) >= 11 is 1.31. The van der Waals surface area contributed by atoms with Crippen molar-refractivity contribution in [2.45, 2.75) is 56.8 Å². The molecule has 0 aliphatic heterocycles. The third-order valence-corrected chi connectivity index (χ3v) is 7.40. The third-order valence-electron chi connectivity index (χ3n) is 4.39. The van der Waals surface area contributed by atoms with E-state index in [1.807, 2.05) is 12.3 Å². The molecule has 0 saturated heterocycles. The maximum Gasteiger partial charge on any atom is 0.250 e. The lowest BCUT2D eigenvalue weighted by molar-refractivity contribution is 0.242. The first-order valence-electron chi connectivity index (χ1n) is 7.72. The van der Waals surface area contributed by atoms with Gasteiger partial charge in [-0.05, 0) is 54.7 Å². The third kappa shape index (κ3) is 4.52. The summed E-state index contributed by atoms with van der Waals surface area (Å²) in [6.07, 6.45) is 2.99. The molecule has 1 heterocycles. The van der Waals surface area contributed by atoms with Gasteiger partial charge in [-0.3, -0.25) is 0 Å². The number of hydrogen-bond donors (Lipinski definition) is 2. The molecule has 3 unspecified atom stereocenters. The van der Waals surface area contributed by atoms with Crippen LogP contribution in [0.25, 0.3) is 0 Å². The van der Waals surface area contributed by atoms with E-state index in [4.69, 9.17) is 0 Å². The number of thiophene rings is 1. The highest BCUT2D eigenvalue weighted by molar-refractivity contribution is 7.91. The summed E-state index contributed by atoms with van der Waals surface area (Å²) < 4.78 is 28.2. The molecular weight excluding hydrogens is 304 g/mol. The Morgan fingerprint density at radius 2 is 2.05 bits per heavy atom. The molecular formula is C15H26N2O2S2. The van der Waals surface area contributed by atoms with E-state index in [1.165, 1.54) is 11.3 Å². The summed E-state index contributed by atoms with van der Waals surface area (Å²) in [5.41, 5.74) is 1.04. The van der Waals surface area contributed by atoms with Crippen LogP contribution in [0.2, 0.25) is 0 Å². The van der Waals surface area contributed by atoms with Crippen LogP contribution in [0.1, 0.15) is 45.6 Å². The first-order valence-corrected chi connectivity index (χ1v) is 10.1. The van der Waals surface area contributed by atoms with Gasteiger partial charge in [-0.25, -0.2) is 13.1 Å². The van der Waals surface area contributed by atoms with Gasteiger partial charge in [-0.2, -0.15) is 0 Å². The molecule has 1 aliphatic carbocycles. The summed E-state index contributed by atoms with van der Waals surface area (Å²) in [5.74, 6) is 1.28. The van der Waals surface area contributed by atoms with E-state index in [0.717, 1.165) is 37.9 Å². The lowest BCUT2D eigenvalue weighted by atomic mass is 9.79. The topological polar surface area (TPSA) is 58.2 Å². The number of sulfonamides is 1. The van der Waals surface area contributed by atoms with Gasteiger partial charge in [0, 0.05) is 12.6 Å². The largest absolute Gasteiger partial charge is 0.313 e. The Balaban J connectivity index is 1.99. The van der Waals surface area contributed by atoms with Gasteiger partial charge in [-0.1, -0.05) is 20.8 Å². The SMILES string of the molecule is CCNCc1csc(S(=O)(=O)NC2CCC(C)C(C)C2)c1. The highest BCUT2D eigenvalue weighted by Gasteiger charge is 2.28. The molecule has 0 amide bonds. The van der Waals surface area contributed by atoms with Crippen molar-refractivity contribution in [1.82, 2.24) is 10.0 Å². The molecule has 21 heavy (non-hydrogen) atoms. The second kappa shape index (κ2) is 7.22. The molecule has 3 atom stereocenters. The summed E-state index contributed by atoms with van der Waals surface area (Å²) in [6.45, 7) is 8.11. The molecule has 1 saturated carbocycles. The number of rotatable bonds is 6. The second-order valence-electron chi connectivity index (χ2n) is 6.14. The van der Waals surface area contributed by atoms with E-state index in [-0.39, 0.29) is 6.04 Å². The molecule has 2 N–H and O–H groups in total. The second-order valence-corrected chi connectivity index (χ2v) is 8.99. The van der Waals surface area contributed by atoms with E-state index in [0.29, 0.717) is 16.0 Å². The molecule has 1 aliphatic rings. The maximum atomic E-state index is 12.5. The Labute approximate surface area is 132 Å². The predicted molar refractivity (Wildman–Crippen MR) is 88.0 cm³/mol. The predicted octanol–water partition coefficient (Wildman–Crippen LogP) is 2.96. The summed E-state index contributed by atoms with van der Waals surface area (Å²) in [4.78, 5) is 0. The van der Waals surface area contributed by atoms with Gasteiger partial charge in [0.15, 0.2) is 0 Å². The molecule has 6 heteroatoms. The Bertz CT molecular complexity index is 554. The van der Waals surface area contributed by atoms with Gasteiger partial charge < -0.3 is 5.32 Å². The van der Waals surface area contributed by atoms with Crippen LogP contribution in [0.4, 0.5) is 0 Å². The van der Waals surface area contributed by atoms with Crippen molar-refractivity contribution >= 4 is 21.4 Å². The molecule has 2 rings (SSSR count). The fraction of sp³-hybridized carbons (Fsp3) is 0.733. The molecule has 0 spiro atoms. The van der Waals surface area contributed by atoms with Crippen LogP contribution >= 0.6 is 11.3 Å². The lowest BCUT2D eigenvalue weighted by Crippen LogP contribution is -2.39. The summed E-state index contributed by atoms with van der Waals surface area (Å²) in [7, 11) is -3.36. The van der Waals surface area contributed by atoms with Crippen LogP contribution < -0.4 is 10.0 Å². The van der Waals surface area contributed by atoms with E-state index in [1.54, 1.807) is 6.07 Å². The average Bonchev–Trinajstić information content (AvgIpc) is 2.90. The summed E-state index contributed by atoms with van der Waals surface area (Å²) in [6, 6.07) is 1.87. The van der Waals surface area contributed by atoms with Gasteiger partial charge in [0.2, 0.25) is 10.0 Å². The van der Waals surface area contributed by atoms with Crippen LogP contribution in [0.3, 0.4) is 0 Å². The smallest absolute Gasteiger partial charge is 0.250 e. The molecule has 1 aromatic heterocycles. The standard InChI is InChI=1S/C15H26N2O2S2/c1-4-16-9-13-8-15(20-10-13)21(18,19)17-14-6-5-11(2)12(3)7-14/h8,10-12,14,16-17H,4-7,9H2,1-3H3. The van der Waals surface area contributed by atoms with Crippen LogP contribution in [0.5, 0.6) is 0 Å². The minimum Gasteiger partial charge on any atom is -0.313 e. The van der Waals surface area contributed by atoms with Gasteiger partial charge in [0.25, 0.3) is 0 Å². The molecule has 0 bridgehead atoms. The van der Waals surface area contributed by atoms with Crippen molar-refractivity contribution in [3.63, 3.8) is 0 Å². The zero-order valence-electron chi connectivity index (χ0n) is 13.1. The van der Waals surface area contributed by atoms with E-state index in [9.17, 15) is 8.42 Å². The number of nitrogens with one attached hydrogen (secondary N) is 2. The van der Waals surface area contributed by atoms with E-state index >= 15 is 0 Å². The van der Waals surface area contributed by atoms with Gasteiger partial charge >= 0.3 is 0 Å². The van der Waals surface area contributed by atoms with Crippen molar-refractivity contribution in [2.24, 2.45) is 11.8 Å². The van der Waals surface area contributed by atoms with Crippen LogP contribution in [0, 0.1) is 11.8 Å². The van der Waals surface area contributed by atoms with Crippen LogP contribution in [-0.2, 0) is 16.6 Å². The molecule has 0 radical (unpaired) electrons. The van der Waals surface area contributed by atoms with Gasteiger partial charge in [-0.15, -0.1) is 11.3 Å². The highest BCUT2D eigenvalue weighted by Crippen LogP contribution is 2.30. The highest BCUT2D eigenvalue weighted by atomic mass is 32.2. The van der Waals surface area contributed by atoms with E-state index < -0.39 is 10.0 Å². The fourth-order valence-electron chi connectivity index (χ4n) is 2.79. The normalized spacial score (nSPS) is 26.9. The first-order chi connectivity index (χ1) is 9.92. The first kappa shape index (κ1) is 16.9. The lowest BCUT2D eigenvalue weighted by Gasteiger charge is -2.32. The average molecular weight is 331 g/mol. The zero-order chi connectivity index (χ0) is 15.5. The molecule has 4 nitrogen and oxygen atoms in total. The molecule has 0 aromatic carbocycles. The maximum absolute atomic E-state index is 12.5. The van der Waals surface area contributed by atoms with Gasteiger partial charge in [0.1, 0.15) is 4.21 Å². The van der Waals surface area contributed by atoms with Crippen molar-refractivity contribution in [1.29, 1.82) is 0 Å². The Morgan fingerprint density at radius 1 is 1.29 bits per heavy atom.